The van der Waals surface area contributed by atoms with E-state index in [1.807, 2.05) is 24.3 Å². The lowest BCUT2D eigenvalue weighted by atomic mass is 9.99. The predicted octanol–water partition coefficient (Wildman–Crippen LogP) is 3.89. The summed E-state index contributed by atoms with van der Waals surface area (Å²) in [4.78, 5) is 22.4. The maximum Gasteiger partial charge on any atom is 0.335 e. The molecule has 0 spiro atoms. The zero-order chi connectivity index (χ0) is 14.3. The number of aromatic carboxylic acids is 1. The zero-order valence-corrected chi connectivity index (χ0v) is 10.9. The highest BCUT2D eigenvalue weighted by molar-refractivity contribution is 6.04. The van der Waals surface area contributed by atoms with Gasteiger partial charge in [0, 0.05) is 5.56 Å². The van der Waals surface area contributed by atoms with Crippen molar-refractivity contribution in [3.05, 3.63) is 59.7 Å². The van der Waals surface area contributed by atoms with Crippen LogP contribution in [-0.2, 0) is 0 Å². The molecule has 0 aliphatic carbocycles. The number of hydrogen-bond acceptors (Lipinski definition) is 2. The van der Waals surface area contributed by atoms with E-state index in [2.05, 4.69) is 0 Å². The van der Waals surface area contributed by atoms with Crippen molar-refractivity contribution in [1.29, 1.82) is 0 Å². The Labute approximate surface area is 115 Å². The van der Waals surface area contributed by atoms with Crippen molar-refractivity contribution in [2.24, 2.45) is 0 Å². The van der Waals surface area contributed by atoms with Crippen LogP contribution in [0, 0.1) is 0 Å². The largest absolute Gasteiger partial charge is 0.478 e. The van der Waals surface area contributed by atoms with Crippen molar-refractivity contribution in [3.8, 4) is 0 Å². The lowest BCUT2D eigenvalue weighted by Gasteiger charge is -2.05. The van der Waals surface area contributed by atoms with Gasteiger partial charge < -0.3 is 5.11 Å². The van der Waals surface area contributed by atoms with Crippen molar-refractivity contribution in [1.82, 2.24) is 0 Å². The summed E-state index contributed by atoms with van der Waals surface area (Å²) in [6.45, 7) is 1.54. The molecule has 0 saturated heterocycles. The minimum absolute atomic E-state index is 0.0354. The zero-order valence-electron chi connectivity index (χ0n) is 10.9. The first-order valence-electron chi connectivity index (χ1n) is 6.26. The highest BCUT2D eigenvalue weighted by Crippen LogP contribution is 2.25. The van der Waals surface area contributed by atoms with Crippen LogP contribution >= 0.6 is 0 Å². The van der Waals surface area contributed by atoms with E-state index in [4.69, 9.17) is 5.11 Å². The van der Waals surface area contributed by atoms with Crippen LogP contribution < -0.4 is 0 Å². The Kier molecular flexibility index (Phi) is 2.75. The molecule has 20 heavy (non-hydrogen) atoms. The molecule has 1 N–H and O–H groups in total. The molecule has 3 heteroatoms. The summed E-state index contributed by atoms with van der Waals surface area (Å²) in [5.41, 5.74) is 0.955. The molecule has 3 rings (SSSR count). The Balaban J connectivity index is 2.27. The third kappa shape index (κ3) is 2.03. The molecular formula is C17H12O3. The molecule has 0 bridgehead atoms. The maximum absolute atomic E-state index is 11.4. The topological polar surface area (TPSA) is 54.4 Å². The molecule has 0 aliphatic heterocycles. The molecule has 0 heterocycles. The maximum atomic E-state index is 11.4. The Morgan fingerprint density at radius 1 is 0.750 bits per heavy atom. The van der Waals surface area contributed by atoms with Gasteiger partial charge in [-0.1, -0.05) is 18.2 Å². The summed E-state index contributed by atoms with van der Waals surface area (Å²) in [6, 6.07) is 14.5. The van der Waals surface area contributed by atoms with Gasteiger partial charge in [0.2, 0.25) is 0 Å². The van der Waals surface area contributed by atoms with E-state index in [9.17, 15) is 9.59 Å². The van der Waals surface area contributed by atoms with Crippen LogP contribution in [-0.4, -0.2) is 16.9 Å². The minimum Gasteiger partial charge on any atom is -0.478 e. The predicted molar refractivity (Wildman–Crippen MR) is 78.4 cm³/mol. The van der Waals surface area contributed by atoms with E-state index in [1.54, 1.807) is 31.2 Å². The number of carboxylic acids is 1. The quantitative estimate of drug-likeness (QED) is 0.564. The van der Waals surface area contributed by atoms with Gasteiger partial charge in [0.1, 0.15) is 0 Å². The van der Waals surface area contributed by atoms with Crippen molar-refractivity contribution < 1.29 is 14.7 Å². The number of fused-ring (bicyclic) bond motifs is 2. The Bertz CT molecular complexity index is 789. The number of hydrogen-bond donors (Lipinski definition) is 1. The summed E-state index contributed by atoms with van der Waals surface area (Å²) in [7, 11) is 0. The van der Waals surface area contributed by atoms with Crippen LogP contribution in [0.5, 0.6) is 0 Å². The summed E-state index contributed by atoms with van der Waals surface area (Å²) in [5, 5.41) is 12.8. The molecule has 0 aromatic heterocycles. The third-order valence-corrected chi connectivity index (χ3v) is 3.45. The molecule has 0 atom stereocenters. The Morgan fingerprint density at radius 2 is 1.25 bits per heavy atom. The molecule has 3 aromatic carbocycles. The van der Waals surface area contributed by atoms with Gasteiger partial charge in [-0.15, -0.1) is 0 Å². The van der Waals surface area contributed by atoms with E-state index >= 15 is 0 Å². The van der Waals surface area contributed by atoms with Crippen molar-refractivity contribution in [2.45, 2.75) is 6.92 Å². The molecule has 3 nitrogen and oxygen atoms in total. The average molecular weight is 264 g/mol. The molecule has 0 radical (unpaired) electrons. The average Bonchev–Trinajstić information content (AvgIpc) is 2.43. The smallest absolute Gasteiger partial charge is 0.335 e. The molecule has 0 saturated carbocycles. The lowest BCUT2D eigenvalue weighted by Crippen LogP contribution is -1.95. The SMILES string of the molecule is CC(=O)c1ccc2cc3cc(C(=O)O)ccc3cc2c1. The fraction of sp³-hybridized carbons (Fsp3) is 0.0588. The number of ketones is 1. The first-order valence-corrected chi connectivity index (χ1v) is 6.26. The number of carboxylic acid groups (broad SMARTS) is 1. The normalized spacial score (nSPS) is 10.8. The second-order valence-corrected chi connectivity index (χ2v) is 4.84. The summed E-state index contributed by atoms with van der Waals surface area (Å²) >= 11 is 0. The van der Waals surface area contributed by atoms with Gasteiger partial charge in [-0.25, -0.2) is 4.79 Å². The van der Waals surface area contributed by atoms with E-state index in [1.165, 1.54) is 0 Å². The Morgan fingerprint density at radius 3 is 1.75 bits per heavy atom. The van der Waals surface area contributed by atoms with Crippen molar-refractivity contribution in [2.75, 3.05) is 0 Å². The summed E-state index contributed by atoms with van der Waals surface area (Å²) in [6.07, 6.45) is 0. The van der Waals surface area contributed by atoms with E-state index in [0.717, 1.165) is 21.5 Å². The summed E-state index contributed by atoms with van der Waals surface area (Å²) in [5.74, 6) is -0.896. The molecule has 0 amide bonds. The molecule has 3 aromatic rings. The highest BCUT2D eigenvalue weighted by Gasteiger charge is 2.06. The molecule has 0 aliphatic rings. The van der Waals surface area contributed by atoms with Gasteiger partial charge >= 0.3 is 5.97 Å². The van der Waals surface area contributed by atoms with Crippen LogP contribution in [0.3, 0.4) is 0 Å². The van der Waals surface area contributed by atoms with Crippen LogP contribution in [0.4, 0.5) is 0 Å². The van der Waals surface area contributed by atoms with Gasteiger partial charge in [0.15, 0.2) is 5.78 Å². The van der Waals surface area contributed by atoms with Crippen molar-refractivity contribution in [3.63, 3.8) is 0 Å². The van der Waals surface area contributed by atoms with Gasteiger partial charge in [-0.05, 0) is 58.8 Å². The molecule has 0 fully saturated rings. The first kappa shape index (κ1) is 12.4. The van der Waals surface area contributed by atoms with Gasteiger partial charge in [-0.2, -0.15) is 0 Å². The second kappa shape index (κ2) is 4.46. The number of carbonyl (C=O) groups is 2. The standard InChI is InChI=1S/C17H12O3/c1-10(18)11-2-3-12-8-16-9-14(17(19)20)5-4-13(16)7-15(12)6-11/h2-9H,1H3,(H,19,20). The van der Waals surface area contributed by atoms with Crippen LogP contribution in [0.15, 0.2) is 48.5 Å². The lowest BCUT2D eigenvalue weighted by molar-refractivity contribution is 0.0697. The van der Waals surface area contributed by atoms with Crippen LogP contribution in [0.25, 0.3) is 21.5 Å². The first-order chi connectivity index (χ1) is 9.54. The van der Waals surface area contributed by atoms with Gasteiger partial charge in [0.05, 0.1) is 5.56 Å². The number of rotatable bonds is 2. The van der Waals surface area contributed by atoms with Crippen molar-refractivity contribution >= 4 is 33.3 Å². The van der Waals surface area contributed by atoms with E-state index < -0.39 is 5.97 Å². The minimum atomic E-state index is -0.932. The number of benzene rings is 3. The monoisotopic (exact) mass is 264 g/mol. The molecular weight excluding hydrogens is 252 g/mol. The fourth-order valence-electron chi connectivity index (χ4n) is 2.35. The highest BCUT2D eigenvalue weighted by atomic mass is 16.4. The Hall–Kier alpha value is -2.68. The third-order valence-electron chi connectivity index (χ3n) is 3.45. The fourth-order valence-corrected chi connectivity index (χ4v) is 2.35. The summed E-state index contributed by atoms with van der Waals surface area (Å²) < 4.78 is 0. The van der Waals surface area contributed by atoms with E-state index in [-0.39, 0.29) is 11.3 Å². The number of Topliss-reactive ketones (excluding diaryl/α,β-unsaturated/α-hetero) is 1. The van der Waals surface area contributed by atoms with Gasteiger partial charge in [-0.3, -0.25) is 4.79 Å². The number of carbonyl (C=O) groups excluding carboxylic acids is 1. The van der Waals surface area contributed by atoms with Gasteiger partial charge in [0.25, 0.3) is 0 Å². The van der Waals surface area contributed by atoms with Crippen LogP contribution in [0.2, 0.25) is 0 Å². The van der Waals surface area contributed by atoms with Crippen LogP contribution in [0.1, 0.15) is 27.6 Å². The second-order valence-electron chi connectivity index (χ2n) is 4.84. The molecule has 0 unspecified atom stereocenters. The van der Waals surface area contributed by atoms with E-state index in [0.29, 0.717) is 5.56 Å². The molecule has 98 valence electrons.